The van der Waals surface area contributed by atoms with Gasteiger partial charge in [-0.1, -0.05) is 4.85 Å². The van der Waals surface area contributed by atoms with E-state index in [9.17, 15) is 4.79 Å². The molecule has 82 valence electrons. The molecule has 0 N–H and O–H groups in total. The van der Waals surface area contributed by atoms with Crippen molar-refractivity contribution in [2.24, 2.45) is 0 Å². The third kappa shape index (κ3) is 2.50. The number of likely N-dealkylation sites (tertiary alicyclic amines) is 1. The van der Waals surface area contributed by atoms with Crippen LogP contribution in [-0.4, -0.2) is 34.0 Å². The van der Waals surface area contributed by atoms with E-state index in [1.165, 1.54) is 11.3 Å². The Morgan fingerprint density at radius 3 is 2.73 bits per heavy atom. The Morgan fingerprint density at radius 1 is 1.40 bits per heavy atom. The Balaban J connectivity index is 1.94. The minimum atomic E-state index is -0.334. The molecule has 1 fully saturated rings. The molecule has 1 aliphatic rings. The number of aromatic nitrogens is 2. The quantitative estimate of drug-likeness (QED) is 0.782. The van der Waals surface area contributed by atoms with Gasteiger partial charge in [-0.3, -0.25) is 4.84 Å². The molecule has 1 aromatic rings. The van der Waals surface area contributed by atoms with Gasteiger partial charge in [-0.25, -0.2) is 4.79 Å². The lowest BCUT2D eigenvalue weighted by Crippen LogP contribution is -2.40. The van der Waals surface area contributed by atoms with Gasteiger partial charge in [0.05, 0.1) is 6.20 Å². The molecule has 6 heteroatoms. The molecule has 15 heavy (non-hydrogen) atoms. The van der Waals surface area contributed by atoms with Crippen molar-refractivity contribution in [3.8, 4) is 0 Å². The Kier molecular flexibility index (Phi) is 3.25. The normalized spacial score (nSPS) is 16.5. The van der Waals surface area contributed by atoms with Crippen molar-refractivity contribution in [1.29, 1.82) is 0 Å². The molecule has 0 aliphatic carbocycles. The fraction of sp³-hybridized carbons (Fsp3) is 0.556. The van der Waals surface area contributed by atoms with E-state index in [4.69, 9.17) is 4.84 Å². The van der Waals surface area contributed by atoms with Crippen LogP contribution in [0.2, 0.25) is 0 Å². The van der Waals surface area contributed by atoms with Gasteiger partial charge < -0.3 is 4.90 Å². The van der Waals surface area contributed by atoms with Gasteiger partial charge in [-0.15, -0.1) is 5.10 Å². The Hall–Kier alpha value is -1.04. The van der Waals surface area contributed by atoms with Crippen molar-refractivity contribution in [1.82, 2.24) is 14.8 Å². The molecule has 1 saturated heterocycles. The van der Waals surface area contributed by atoms with Crippen LogP contribution in [0.5, 0.6) is 0 Å². The minimum Gasteiger partial charge on any atom is -0.306 e. The number of carbonyl (C=O) groups is 1. The van der Waals surface area contributed by atoms with E-state index in [-0.39, 0.29) is 6.09 Å². The number of piperidine rings is 1. The maximum Gasteiger partial charge on any atom is 0.435 e. The number of hydrogen-bond acceptors (Lipinski definition) is 3. The van der Waals surface area contributed by atoms with Gasteiger partial charge in [0.15, 0.2) is 0 Å². The first-order valence-electron chi connectivity index (χ1n) is 4.94. The summed E-state index contributed by atoms with van der Waals surface area (Å²) in [6, 6.07) is 1.71. The van der Waals surface area contributed by atoms with Crippen LogP contribution >= 0.6 is 15.9 Å². The Morgan fingerprint density at radius 2 is 2.13 bits per heavy atom. The minimum absolute atomic E-state index is 0.334. The fourth-order valence-electron chi connectivity index (χ4n) is 1.55. The van der Waals surface area contributed by atoms with Crippen molar-refractivity contribution in [3.05, 3.63) is 16.9 Å². The van der Waals surface area contributed by atoms with Gasteiger partial charge in [-0.05, 0) is 41.3 Å². The van der Waals surface area contributed by atoms with E-state index in [0.29, 0.717) is 4.60 Å². The number of hydrogen-bond donors (Lipinski definition) is 0. The smallest absolute Gasteiger partial charge is 0.306 e. The molecule has 5 nitrogen and oxygen atoms in total. The van der Waals surface area contributed by atoms with Gasteiger partial charge in [-0.2, -0.15) is 0 Å². The molecule has 0 unspecified atom stereocenters. The monoisotopic (exact) mass is 273 g/mol. The summed E-state index contributed by atoms with van der Waals surface area (Å²) in [7, 11) is 0. The Bertz CT molecular complexity index is 347. The van der Waals surface area contributed by atoms with Gasteiger partial charge in [0.2, 0.25) is 0 Å². The highest BCUT2D eigenvalue weighted by Crippen LogP contribution is 2.10. The summed E-state index contributed by atoms with van der Waals surface area (Å²) in [6.45, 7) is 1.55. The summed E-state index contributed by atoms with van der Waals surface area (Å²) in [5.41, 5.74) is 0. The largest absolute Gasteiger partial charge is 0.435 e. The summed E-state index contributed by atoms with van der Waals surface area (Å²) >= 11 is 3.22. The Labute approximate surface area is 96.1 Å². The average Bonchev–Trinajstić information content (AvgIpc) is 2.66. The fourth-order valence-corrected chi connectivity index (χ4v) is 1.83. The highest BCUT2D eigenvalue weighted by Gasteiger charge is 2.19. The van der Waals surface area contributed by atoms with E-state index in [1.807, 2.05) is 0 Å². The molecule has 0 radical (unpaired) electrons. The van der Waals surface area contributed by atoms with E-state index >= 15 is 0 Å². The predicted molar refractivity (Wildman–Crippen MR) is 57.3 cm³/mol. The van der Waals surface area contributed by atoms with E-state index in [2.05, 4.69) is 21.0 Å². The number of amides is 1. The lowest BCUT2D eigenvalue weighted by molar-refractivity contribution is 0.0706. The standard InChI is InChI=1S/C9H12BrN3O2/c10-8-4-5-11-13(8)15-9(14)12-6-2-1-3-7-12/h4-5H,1-3,6-7H2. The van der Waals surface area contributed by atoms with Crippen molar-refractivity contribution < 1.29 is 9.63 Å². The highest BCUT2D eigenvalue weighted by atomic mass is 79.9. The molecular formula is C9H12BrN3O2. The van der Waals surface area contributed by atoms with Crippen molar-refractivity contribution in [2.75, 3.05) is 13.1 Å². The molecule has 0 bridgehead atoms. The summed E-state index contributed by atoms with van der Waals surface area (Å²) < 4.78 is 0.632. The zero-order chi connectivity index (χ0) is 10.7. The molecule has 1 amide bonds. The second kappa shape index (κ2) is 4.65. The zero-order valence-corrected chi connectivity index (χ0v) is 9.81. The van der Waals surface area contributed by atoms with Crippen LogP contribution in [0.1, 0.15) is 19.3 Å². The molecule has 1 aromatic heterocycles. The molecule has 2 rings (SSSR count). The van der Waals surface area contributed by atoms with Crippen LogP contribution in [0.25, 0.3) is 0 Å². The number of carbonyl (C=O) groups excluding carboxylic acids is 1. The van der Waals surface area contributed by atoms with Crippen LogP contribution in [0.3, 0.4) is 0 Å². The number of nitrogens with zero attached hydrogens (tertiary/aromatic N) is 3. The average molecular weight is 274 g/mol. The first-order valence-corrected chi connectivity index (χ1v) is 5.73. The SMILES string of the molecule is O=C(On1nccc1Br)N1CCCCC1. The summed E-state index contributed by atoms with van der Waals surface area (Å²) in [4.78, 5) is 19.6. The maximum atomic E-state index is 11.6. The van der Waals surface area contributed by atoms with Crippen LogP contribution in [-0.2, 0) is 0 Å². The second-order valence-corrected chi connectivity index (χ2v) is 4.24. The molecule has 0 saturated carbocycles. The third-order valence-electron chi connectivity index (χ3n) is 2.35. The van der Waals surface area contributed by atoms with Crippen LogP contribution in [0, 0.1) is 0 Å². The van der Waals surface area contributed by atoms with E-state index in [1.54, 1.807) is 17.2 Å². The summed E-state index contributed by atoms with van der Waals surface area (Å²) in [6.07, 6.45) is 4.52. The van der Waals surface area contributed by atoms with Crippen molar-refractivity contribution in [3.63, 3.8) is 0 Å². The lowest BCUT2D eigenvalue weighted by Gasteiger charge is -2.25. The predicted octanol–water partition coefficient (Wildman–Crippen LogP) is 1.68. The molecule has 0 spiro atoms. The maximum absolute atomic E-state index is 11.6. The van der Waals surface area contributed by atoms with Gasteiger partial charge in [0.25, 0.3) is 0 Å². The molecule has 0 atom stereocenters. The van der Waals surface area contributed by atoms with Gasteiger partial charge in [0, 0.05) is 13.1 Å². The number of rotatable bonds is 1. The molecule has 0 aromatic carbocycles. The van der Waals surface area contributed by atoms with Crippen LogP contribution in [0.15, 0.2) is 16.9 Å². The summed E-state index contributed by atoms with van der Waals surface area (Å²) in [5.74, 6) is 0. The molecular weight excluding hydrogens is 262 g/mol. The van der Waals surface area contributed by atoms with Gasteiger partial charge >= 0.3 is 6.09 Å². The van der Waals surface area contributed by atoms with Crippen molar-refractivity contribution >= 4 is 22.0 Å². The van der Waals surface area contributed by atoms with Crippen LogP contribution < -0.4 is 4.84 Å². The van der Waals surface area contributed by atoms with E-state index < -0.39 is 0 Å². The summed E-state index contributed by atoms with van der Waals surface area (Å²) in [5, 5.41) is 3.85. The second-order valence-electron chi connectivity index (χ2n) is 3.43. The molecule has 2 heterocycles. The third-order valence-corrected chi connectivity index (χ3v) is 2.91. The van der Waals surface area contributed by atoms with Gasteiger partial charge in [0.1, 0.15) is 4.60 Å². The van der Waals surface area contributed by atoms with Crippen molar-refractivity contribution in [2.45, 2.75) is 19.3 Å². The molecule has 1 aliphatic heterocycles. The highest BCUT2D eigenvalue weighted by molar-refractivity contribution is 9.10. The van der Waals surface area contributed by atoms with Crippen LogP contribution in [0.4, 0.5) is 4.79 Å². The zero-order valence-electron chi connectivity index (χ0n) is 8.23. The first kappa shape index (κ1) is 10.5. The number of halogens is 1. The lowest BCUT2D eigenvalue weighted by atomic mass is 10.1. The first-order chi connectivity index (χ1) is 7.27. The van der Waals surface area contributed by atoms with E-state index in [0.717, 1.165) is 25.9 Å². The topological polar surface area (TPSA) is 47.4 Å².